The summed E-state index contributed by atoms with van der Waals surface area (Å²) in [5.41, 5.74) is 6.11. The van der Waals surface area contributed by atoms with Gasteiger partial charge in [-0.2, -0.15) is 4.31 Å². The number of halogens is 3. The summed E-state index contributed by atoms with van der Waals surface area (Å²) in [7, 11) is -3.82. The largest absolute Gasteiger partial charge is 0.381 e. The summed E-state index contributed by atoms with van der Waals surface area (Å²) in [6.45, 7) is 3.18. The zero-order chi connectivity index (χ0) is 31.5. The molecule has 5 rings (SSSR count). The number of carbonyl (C=O) groups excluding carboxylic acids is 1. The fourth-order valence-electron chi connectivity index (χ4n) is 6.43. The van der Waals surface area contributed by atoms with Crippen molar-refractivity contribution in [1.29, 1.82) is 0 Å². The zero-order valence-electron chi connectivity index (χ0n) is 24.4. The van der Waals surface area contributed by atoms with Gasteiger partial charge in [-0.1, -0.05) is 24.3 Å². The van der Waals surface area contributed by atoms with E-state index in [4.69, 9.17) is 10.5 Å². The Bertz CT molecular complexity index is 1570. The van der Waals surface area contributed by atoms with Crippen LogP contribution in [0, 0.1) is 17.5 Å². The third kappa shape index (κ3) is 6.54. The van der Waals surface area contributed by atoms with Crippen LogP contribution in [-0.2, 0) is 31.4 Å². The average molecular weight is 631 g/mol. The molecule has 12 heteroatoms. The number of nitrogens with one attached hydrogen (secondary N) is 2. The van der Waals surface area contributed by atoms with Crippen LogP contribution in [0.4, 0.5) is 18.9 Å². The number of benzene rings is 3. The van der Waals surface area contributed by atoms with Gasteiger partial charge in [0, 0.05) is 61.1 Å². The van der Waals surface area contributed by atoms with Crippen molar-refractivity contribution >= 4 is 21.6 Å². The van der Waals surface area contributed by atoms with Crippen LogP contribution in [-0.4, -0.2) is 63.1 Å². The standard InChI is InChI=1S/C32H37F3N4O4S/c1-21-19-37-20-25(39(21)44(41,42)26-6-3-2-4-7-26)10-11-27-28(35)8-5-9-29(27)38-31(40)30(36)32(12-14-43-15-13-32)22-16-23(33)18-24(34)17-22/h2-9,16-18,21,25,30,37H,10-15,19-20,36H2,1H3,(H,38,40)/t21-,25-,30?/m0/s1. The molecule has 0 aliphatic carbocycles. The van der Waals surface area contributed by atoms with Gasteiger partial charge in [-0.05, 0) is 74.6 Å². The van der Waals surface area contributed by atoms with E-state index in [-0.39, 0.29) is 66.6 Å². The fourth-order valence-corrected chi connectivity index (χ4v) is 8.30. The number of nitrogens with two attached hydrogens (primary N) is 1. The lowest BCUT2D eigenvalue weighted by atomic mass is 9.68. The van der Waals surface area contributed by atoms with E-state index in [1.54, 1.807) is 36.4 Å². The summed E-state index contributed by atoms with van der Waals surface area (Å²) >= 11 is 0. The highest BCUT2D eigenvalue weighted by Gasteiger charge is 2.44. The molecule has 0 aromatic heterocycles. The second kappa shape index (κ2) is 13.4. The van der Waals surface area contributed by atoms with Crippen LogP contribution in [0.2, 0.25) is 0 Å². The SMILES string of the molecule is C[C@H]1CNC[C@H](CCc2c(F)cccc2NC(=O)C(N)C2(c3cc(F)cc(F)c3)CCOCC2)N1S(=O)(=O)c1ccccc1. The molecule has 2 aliphatic heterocycles. The van der Waals surface area contributed by atoms with Gasteiger partial charge in [0.2, 0.25) is 15.9 Å². The summed E-state index contributed by atoms with van der Waals surface area (Å²) < 4.78 is 77.9. The number of rotatable bonds is 9. The molecule has 2 aliphatic rings. The van der Waals surface area contributed by atoms with E-state index in [0.717, 1.165) is 6.07 Å². The van der Waals surface area contributed by atoms with Crippen molar-refractivity contribution in [3.8, 4) is 0 Å². The first kappa shape index (κ1) is 32.1. The number of hydrogen-bond donors (Lipinski definition) is 3. The van der Waals surface area contributed by atoms with Crippen molar-refractivity contribution in [1.82, 2.24) is 9.62 Å². The normalized spacial score (nSPS) is 21.5. The maximum atomic E-state index is 15.3. The Hall–Kier alpha value is -3.29. The summed E-state index contributed by atoms with van der Waals surface area (Å²) in [6, 6.07) is 13.6. The van der Waals surface area contributed by atoms with Gasteiger partial charge in [-0.15, -0.1) is 0 Å². The van der Waals surface area contributed by atoms with Gasteiger partial charge in [0.1, 0.15) is 17.5 Å². The molecule has 3 aromatic rings. The number of amides is 1. The minimum Gasteiger partial charge on any atom is -0.381 e. The van der Waals surface area contributed by atoms with Gasteiger partial charge >= 0.3 is 0 Å². The molecule has 8 nitrogen and oxygen atoms in total. The second-order valence-electron chi connectivity index (χ2n) is 11.5. The quantitative estimate of drug-likeness (QED) is 0.328. The van der Waals surface area contributed by atoms with Gasteiger partial charge in [-0.25, -0.2) is 21.6 Å². The van der Waals surface area contributed by atoms with Crippen LogP contribution in [0.5, 0.6) is 0 Å². The topological polar surface area (TPSA) is 114 Å². The second-order valence-corrected chi connectivity index (χ2v) is 13.4. The fraction of sp³-hybridized carbons (Fsp3) is 0.406. The Kier molecular flexibility index (Phi) is 9.76. The van der Waals surface area contributed by atoms with E-state index in [1.165, 1.54) is 28.6 Å². The minimum atomic E-state index is -3.82. The predicted molar refractivity (Wildman–Crippen MR) is 161 cm³/mol. The van der Waals surface area contributed by atoms with E-state index >= 15 is 4.39 Å². The first-order chi connectivity index (χ1) is 21.0. The molecule has 1 unspecified atom stereocenters. The number of piperazine rings is 1. The van der Waals surface area contributed by atoms with Crippen molar-refractivity contribution in [2.75, 3.05) is 31.6 Å². The number of nitrogens with zero attached hydrogens (tertiary/aromatic N) is 1. The first-order valence-corrected chi connectivity index (χ1v) is 16.1. The average Bonchev–Trinajstić information content (AvgIpc) is 3.00. The number of carbonyl (C=O) groups is 1. The lowest BCUT2D eigenvalue weighted by molar-refractivity contribution is -0.120. The summed E-state index contributed by atoms with van der Waals surface area (Å²) in [4.78, 5) is 13.8. The maximum Gasteiger partial charge on any atom is 0.243 e. The Morgan fingerprint density at radius 1 is 1.05 bits per heavy atom. The van der Waals surface area contributed by atoms with Gasteiger partial charge in [0.15, 0.2) is 0 Å². The Morgan fingerprint density at radius 2 is 1.73 bits per heavy atom. The summed E-state index contributed by atoms with van der Waals surface area (Å²) in [5.74, 6) is -2.75. The molecule has 2 heterocycles. The molecule has 2 fully saturated rings. The van der Waals surface area contributed by atoms with Crippen LogP contribution in [0.15, 0.2) is 71.6 Å². The smallest absolute Gasteiger partial charge is 0.243 e. The summed E-state index contributed by atoms with van der Waals surface area (Å²) in [5, 5.41) is 6.02. The Balaban J connectivity index is 1.38. The van der Waals surface area contributed by atoms with Crippen molar-refractivity contribution in [3.63, 3.8) is 0 Å². The lowest BCUT2D eigenvalue weighted by Gasteiger charge is -2.41. The van der Waals surface area contributed by atoms with E-state index in [9.17, 15) is 22.0 Å². The molecule has 2 saturated heterocycles. The number of anilines is 1. The molecule has 44 heavy (non-hydrogen) atoms. The zero-order valence-corrected chi connectivity index (χ0v) is 25.3. The van der Waals surface area contributed by atoms with Gasteiger partial charge in [0.25, 0.3) is 0 Å². The molecular weight excluding hydrogens is 593 g/mol. The number of sulfonamides is 1. The molecule has 236 valence electrons. The highest BCUT2D eigenvalue weighted by Crippen LogP contribution is 2.39. The van der Waals surface area contributed by atoms with E-state index in [2.05, 4.69) is 10.6 Å². The van der Waals surface area contributed by atoms with E-state index < -0.39 is 50.9 Å². The van der Waals surface area contributed by atoms with E-state index in [1.807, 2.05) is 6.92 Å². The van der Waals surface area contributed by atoms with E-state index in [0.29, 0.717) is 13.1 Å². The van der Waals surface area contributed by atoms with Crippen molar-refractivity contribution < 1.29 is 31.1 Å². The molecule has 0 radical (unpaired) electrons. The molecule has 0 saturated carbocycles. The maximum absolute atomic E-state index is 15.3. The van der Waals surface area contributed by atoms with Crippen molar-refractivity contribution in [2.24, 2.45) is 5.73 Å². The molecule has 3 aromatic carbocycles. The van der Waals surface area contributed by atoms with Crippen LogP contribution in [0.1, 0.15) is 37.3 Å². The van der Waals surface area contributed by atoms with Crippen LogP contribution < -0.4 is 16.4 Å². The Labute approximate surface area is 255 Å². The minimum absolute atomic E-state index is 0.130. The molecule has 0 spiro atoms. The molecule has 4 N–H and O–H groups in total. The first-order valence-electron chi connectivity index (χ1n) is 14.7. The molecule has 3 atom stereocenters. The van der Waals surface area contributed by atoms with Crippen molar-refractivity contribution in [2.45, 2.75) is 61.0 Å². The third-order valence-electron chi connectivity index (χ3n) is 8.74. The van der Waals surface area contributed by atoms with Gasteiger partial charge in [-0.3, -0.25) is 4.79 Å². The van der Waals surface area contributed by atoms with Crippen LogP contribution in [0.3, 0.4) is 0 Å². The van der Waals surface area contributed by atoms with Gasteiger partial charge < -0.3 is 21.1 Å². The van der Waals surface area contributed by atoms with Crippen molar-refractivity contribution in [3.05, 3.63) is 95.3 Å². The molecular formula is C32H37F3N4O4S. The number of ether oxygens (including phenoxy) is 1. The predicted octanol–water partition coefficient (Wildman–Crippen LogP) is 4.10. The van der Waals surface area contributed by atoms with Crippen LogP contribution in [0.25, 0.3) is 0 Å². The number of hydrogen-bond acceptors (Lipinski definition) is 6. The van der Waals surface area contributed by atoms with Gasteiger partial charge in [0.05, 0.1) is 10.9 Å². The highest BCUT2D eigenvalue weighted by atomic mass is 32.2. The van der Waals surface area contributed by atoms with Crippen LogP contribution >= 0.6 is 0 Å². The monoisotopic (exact) mass is 630 g/mol. The lowest BCUT2D eigenvalue weighted by Crippen LogP contribution is -2.58. The molecule has 0 bridgehead atoms. The molecule has 1 amide bonds. The highest BCUT2D eigenvalue weighted by molar-refractivity contribution is 7.89. The Morgan fingerprint density at radius 3 is 2.41 bits per heavy atom. The summed E-state index contributed by atoms with van der Waals surface area (Å²) in [6.07, 6.45) is 0.937. The third-order valence-corrected chi connectivity index (χ3v) is 10.8.